The molecule has 0 amide bonds. The van der Waals surface area contributed by atoms with Gasteiger partial charge in [-0.1, -0.05) is 417 Å². The van der Waals surface area contributed by atoms with Crippen LogP contribution in [0.4, 0.5) is 51.6 Å². The van der Waals surface area contributed by atoms with Gasteiger partial charge in [0.1, 0.15) is 12.7 Å². The molecule has 9 nitrogen and oxygen atoms in total. The van der Waals surface area contributed by atoms with E-state index in [1.165, 1.54) is 208 Å². The number of hydrogen-bond donors (Lipinski definition) is 0. The molecule has 0 N–H and O–H groups in total. The highest BCUT2D eigenvalue weighted by Crippen LogP contribution is 2.56. The average molecular weight is 1920 g/mol. The molecule has 0 spiro atoms. The minimum atomic E-state index is 0.566. The summed E-state index contributed by atoms with van der Waals surface area (Å²) >= 11 is 0. The molecule has 27 rings (SSSR count). The second-order valence-corrected chi connectivity index (χ2v) is 38.1. The van der Waals surface area contributed by atoms with E-state index in [1.807, 2.05) is 18.6 Å². The van der Waals surface area contributed by atoms with E-state index in [1.54, 1.807) is 25.0 Å². The van der Waals surface area contributed by atoms with Crippen molar-refractivity contribution in [2.45, 2.75) is 20.8 Å². The van der Waals surface area contributed by atoms with Crippen LogP contribution in [-0.4, -0.2) is 29.9 Å². The van der Waals surface area contributed by atoms with Crippen LogP contribution in [0.25, 0.3) is 197 Å². The van der Waals surface area contributed by atoms with Crippen molar-refractivity contribution in [3.63, 3.8) is 0 Å². The first-order valence-electron chi connectivity index (χ1n) is 51.0. The molecule has 708 valence electrons. The molecule has 0 saturated heterocycles. The molecule has 0 aliphatic heterocycles. The van der Waals surface area contributed by atoms with Gasteiger partial charge in [-0.2, -0.15) is 0 Å². The predicted molar refractivity (Wildman–Crippen MR) is 631 cm³/mol. The fourth-order valence-corrected chi connectivity index (χ4v) is 22.2. The van der Waals surface area contributed by atoms with E-state index in [0.29, 0.717) is 5.95 Å². The van der Waals surface area contributed by atoms with E-state index in [0.717, 1.165) is 51.0 Å². The fraction of sp³-hybridized carbons (Fsp3) is 0.0213. The van der Waals surface area contributed by atoms with Crippen molar-refractivity contribution < 1.29 is 0 Å². The number of rotatable bonds is 18. The van der Waals surface area contributed by atoms with Crippen LogP contribution in [0, 0.1) is 20.8 Å². The van der Waals surface area contributed by atoms with Crippen LogP contribution in [0.3, 0.4) is 0 Å². The van der Waals surface area contributed by atoms with Gasteiger partial charge in [0.15, 0.2) is 5.82 Å². The fourth-order valence-electron chi connectivity index (χ4n) is 22.2. The summed E-state index contributed by atoms with van der Waals surface area (Å²) in [7, 11) is 0. The topological polar surface area (TPSA) is 87.1 Å². The lowest BCUT2D eigenvalue weighted by atomic mass is 9.81. The molecule has 0 fully saturated rings. The smallest absolute Gasteiger partial charge is 0.237 e. The Hall–Kier alpha value is -19.7. The van der Waals surface area contributed by atoms with Crippen LogP contribution in [0.15, 0.2) is 547 Å². The van der Waals surface area contributed by atoms with Crippen LogP contribution < -0.4 is 14.7 Å². The number of anilines is 9. The Balaban J connectivity index is 0.000000116. The van der Waals surface area contributed by atoms with Crippen molar-refractivity contribution in [3.8, 4) is 100 Å². The van der Waals surface area contributed by atoms with Gasteiger partial charge in [0.05, 0.1) is 6.20 Å². The lowest BCUT2D eigenvalue weighted by molar-refractivity contribution is 1.01. The van der Waals surface area contributed by atoms with Crippen molar-refractivity contribution in [2.75, 3.05) is 14.7 Å². The third kappa shape index (κ3) is 17.3. The molecular formula is C141H99N9. The summed E-state index contributed by atoms with van der Waals surface area (Å²) in [5, 5.41) is 22.1. The SMILES string of the molecule is Cc1ccc(N(c2ccc3c(c2)c2ccccc2c2c(-c4ccccc4)cc(-c4ccccc4)c(-c4ccccc4)c32)c2cnccn2)cc1.Cc1ccc(N(c2ccc3c(c2)c2ccccc2c2c(-c4ccccc4)cc(-c4ccccc4)c(-c4ccccc4)c32)c2ncncn2)cc1.Cc1ccc(N(c2ccncc2)c2ccc3c(c2)c2ccccc2c2c(-c4ccccc4)cc(-c4ccccc4)c(-c4ccccc4)c32)cc1. The van der Waals surface area contributed by atoms with Gasteiger partial charge in [-0.15, -0.1) is 0 Å². The van der Waals surface area contributed by atoms with Crippen molar-refractivity contribution >= 4 is 149 Å². The zero-order valence-corrected chi connectivity index (χ0v) is 83.0. The molecule has 0 radical (unpaired) electrons. The highest BCUT2D eigenvalue weighted by atomic mass is 15.3. The molecule has 0 aliphatic rings. The summed E-state index contributed by atoms with van der Waals surface area (Å²) < 4.78 is 0. The maximum absolute atomic E-state index is 4.75. The Bertz CT molecular complexity index is 8750. The minimum Gasteiger partial charge on any atom is -0.310 e. The molecule has 9 heteroatoms. The number of hydrogen-bond acceptors (Lipinski definition) is 9. The van der Waals surface area contributed by atoms with Gasteiger partial charge in [-0.25, -0.2) is 19.9 Å². The molecular weight excluding hydrogens is 1820 g/mol. The maximum Gasteiger partial charge on any atom is 0.237 e. The lowest BCUT2D eigenvalue weighted by Gasteiger charge is -2.27. The molecule has 27 aromatic rings. The minimum absolute atomic E-state index is 0.566. The van der Waals surface area contributed by atoms with Crippen molar-refractivity contribution in [2.24, 2.45) is 0 Å². The quantitative estimate of drug-likeness (QED) is 0.0780. The normalized spacial score (nSPS) is 11.3. The summed E-state index contributed by atoms with van der Waals surface area (Å²) in [6, 6.07) is 182. The summed E-state index contributed by atoms with van der Waals surface area (Å²) in [5.74, 6) is 1.33. The third-order valence-electron chi connectivity index (χ3n) is 29.0. The van der Waals surface area contributed by atoms with E-state index in [4.69, 9.17) is 4.98 Å². The van der Waals surface area contributed by atoms with Crippen molar-refractivity contribution in [1.82, 2.24) is 29.9 Å². The molecule has 0 saturated carbocycles. The van der Waals surface area contributed by atoms with E-state index >= 15 is 0 Å². The summed E-state index contributed by atoms with van der Waals surface area (Å²) in [4.78, 5) is 33.5. The van der Waals surface area contributed by atoms with Gasteiger partial charge < -0.3 is 4.90 Å². The van der Waals surface area contributed by atoms with Gasteiger partial charge in [0.25, 0.3) is 0 Å². The van der Waals surface area contributed by atoms with Gasteiger partial charge in [-0.3, -0.25) is 19.8 Å². The monoisotopic (exact) mass is 1920 g/mol. The summed E-state index contributed by atoms with van der Waals surface area (Å²) in [6.45, 7) is 6.34. The van der Waals surface area contributed by atoms with Gasteiger partial charge in [0, 0.05) is 64.6 Å². The molecule has 24 aromatic carbocycles. The zero-order valence-electron chi connectivity index (χ0n) is 83.0. The van der Waals surface area contributed by atoms with Gasteiger partial charge >= 0.3 is 0 Å². The van der Waals surface area contributed by atoms with E-state index in [2.05, 4.69) is 564 Å². The molecule has 3 aromatic heterocycles. The Kier molecular flexibility index (Phi) is 24.7. The highest BCUT2D eigenvalue weighted by Gasteiger charge is 2.30. The second kappa shape index (κ2) is 40.5. The first kappa shape index (κ1) is 91.5. The number of pyridine rings is 1. The molecule has 0 aliphatic carbocycles. The molecule has 150 heavy (non-hydrogen) atoms. The Labute approximate surface area is 871 Å². The number of aryl methyl sites for hydroxylation is 3. The highest BCUT2D eigenvalue weighted by molar-refractivity contribution is 6.37. The molecule has 3 heterocycles. The second-order valence-electron chi connectivity index (χ2n) is 38.1. The molecule has 0 bridgehead atoms. The lowest BCUT2D eigenvalue weighted by Crippen LogP contribution is -2.13. The number of aromatic nitrogens is 6. The Morgan fingerprint density at radius 2 is 0.413 bits per heavy atom. The van der Waals surface area contributed by atoms with Crippen LogP contribution in [0.1, 0.15) is 16.7 Å². The Morgan fingerprint density at radius 1 is 0.160 bits per heavy atom. The standard InChI is InChI=1S/C48H34N2.C47H33N3.C46H32N4/c1-33-21-23-37(24-22-33)50(38-27-29-49-30-28-38)39-25-26-42-45(31-39)40-19-11-12-20-41(40)47-44(35-15-7-3-8-16-35)32-43(34-13-5-2-6-14-34)46(48(42)47)36-17-9-4-10-18-36;1-32-21-23-36(24-22-32)50(44-31-48-27-28-49-44)37-25-26-40-43(29-37)38-19-11-12-20-39(38)46-42(34-15-7-3-8-16-34)30-41(33-13-5-2-6-14-33)45(47(40)46)35-17-9-4-10-18-35;1-31-21-23-35(24-22-31)50(46-48-29-47-30-49-46)36-25-26-39-42(27-36)37-19-11-12-20-38(37)44-41(33-15-7-3-8-16-33)28-40(32-13-5-2-6-14-32)43(45(39)44)34-17-9-4-10-18-34/h2-32H,1H3;2-31H,1H3;2-30H,1H3. The summed E-state index contributed by atoms with van der Waals surface area (Å²) in [5.41, 5.74) is 32.7. The van der Waals surface area contributed by atoms with Crippen LogP contribution in [0.5, 0.6) is 0 Å². The van der Waals surface area contributed by atoms with E-state index in [9.17, 15) is 0 Å². The first-order valence-corrected chi connectivity index (χ1v) is 51.0. The number of fused-ring (bicyclic) bond motifs is 18. The van der Waals surface area contributed by atoms with E-state index in [-0.39, 0.29) is 0 Å². The molecule has 0 atom stereocenters. The van der Waals surface area contributed by atoms with Crippen LogP contribution >= 0.6 is 0 Å². The van der Waals surface area contributed by atoms with Crippen LogP contribution in [0.2, 0.25) is 0 Å². The number of benzene rings is 24. The number of nitrogens with zero attached hydrogens (tertiary/aromatic N) is 9. The Morgan fingerprint density at radius 3 is 0.727 bits per heavy atom. The van der Waals surface area contributed by atoms with Crippen molar-refractivity contribution in [1.29, 1.82) is 0 Å². The van der Waals surface area contributed by atoms with Crippen LogP contribution in [-0.2, 0) is 0 Å². The summed E-state index contributed by atoms with van der Waals surface area (Å²) in [6.07, 6.45) is 12.1. The average Bonchev–Trinajstić information content (AvgIpc) is 0.714. The molecule has 0 unspecified atom stereocenters. The zero-order chi connectivity index (χ0) is 100. The largest absolute Gasteiger partial charge is 0.310 e. The van der Waals surface area contributed by atoms with E-state index < -0.39 is 0 Å². The third-order valence-corrected chi connectivity index (χ3v) is 29.0. The first-order chi connectivity index (χ1) is 74.2. The van der Waals surface area contributed by atoms with Gasteiger partial charge in [0.2, 0.25) is 5.95 Å². The van der Waals surface area contributed by atoms with Crippen molar-refractivity contribution in [3.05, 3.63) is 564 Å². The predicted octanol–water partition coefficient (Wildman–Crippen LogP) is 38.1. The van der Waals surface area contributed by atoms with Gasteiger partial charge in [-0.05, 0) is 321 Å². The maximum atomic E-state index is 4.75.